The summed E-state index contributed by atoms with van der Waals surface area (Å²) < 4.78 is 0. The van der Waals surface area contributed by atoms with Crippen LogP contribution < -0.4 is 11.5 Å². The SMILES string of the molecule is Nc1nc(-c2ncc[nH]2)cc2ccccc12.Nc1nc(-c2ncc[nH]2)cc2ccccc12.O=[N+]([O-])[O-].O=[N+]([O-])[O-].[Cu+2]. The predicted octanol–water partition coefficient (Wildman–Crippen LogP) is 3.93. The Hall–Kier alpha value is -5.80. The summed E-state index contributed by atoms with van der Waals surface area (Å²) in [7, 11) is 0. The Morgan fingerprint density at radius 3 is 1.29 bits per heavy atom. The molecule has 6 rings (SSSR count). The van der Waals surface area contributed by atoms with E-state index in [0.717, 1.165) is 44.6 Å². The number of pyridine rings is 2. The van der Waals surface area contributed by atoms with Crippen molar-refractivity contribution in [3.05, 3.63) is 116 Å². The van der Waals surface area contributed by atoms with E-state index in [1.165, 1.54) is 0 Å². The zero-order chi connectivity index (χ0) is 29.1. The third-order valence-electron chi connectivity index (χ3n) is 5.02. The third kappa shape index (κ3) is 9.17. The fraction of sp³-hybridized carbons (Fsp3) is 0. The molecule has 17 heteroatoms. The van der Waals surface area contributed by atoms with Gasteiger partial charge in [0.15, 0.2) is 11.6 Å². The van der Waals surface area contributed by atoms with Crippen molar-refractivity contribution in [2.24, 2.45) is 0 Å². The molecule has 0 aliphatic rings. The Labute approximate surface area is 240 Å². The van der Waals surface area contributed by atoms with Gasteiger partial charge in [-0.2, -0.15) is 0 Å². The Morgan fingerprint density at radius 1 is 0.634 bits per heavy atom. The topological polar surface area (TPSA) is 268 Å². The van der Waals surface area contributed by atoms with Gasteiger partial charge >= 0.3 is 17.1 Å². The molecule has 1 radical (unpaired) electrons. The van der Waals surface area contributed by atoms with E-state index >= 15 is 0 Å². The first-order valence-electron chi connectivity index (χ1n) is 11.1. The van der Waals surface area contributed by atoms with Gasteiger partial charge < -0.3 is 52.1 Å². The van der Waals surface area contributed by atoms with Gasteiger partial charge in [-0.1, -0.05) is 48.5 Å². The maximum Gasteiger partial charge on any atom is 2.00 e. The Bertz CT molecular complexity index is 1580. The first kappa shape index (κ1) is 31.4. The first-order chi connectivity index (χ1) is 19.2. The normalized spacial score (nSPS) is 9.56. The molecule has 0 unspecified atom stereocenters. The molecule has 6 N–H and O–H groups in total. The second-order valence-corrected chi connectivity index (χ2v) is 7.55. The van der Waals surface area contributed by atoms with Crippen molar-refractivity contribution >= 4 is 33.2 Å². The summed E-state index contributed by atoms with van der Waals surface area (Å²) in [4.78, 5) is 39.5. The number of imidazole rings is 2. The van der Waals surface area contributed by atoms with Gasteiger partial charge in [-0.3, -0.25) is 0 Å². The average Bonchev–Trinajstić information content (AvgIpc) is 3.64. The Kier molecular flexibility index (Phi) is 11.5. The van der Waals surface area contributed by atoms with Crippen molar-refractivity contribution in [1.29, 1.82) is 0 Å². The van der Waals surface area contributed by atoms with Crippen LogP contribution in [0, 0.1) is 30.6 Å². The minimum atomic E-state index is -1.75. The minimum Gasteiger partial charge on any atom is -0.383 e. The largest absolute Gasteiger partial charge is 2.00 e. The molecule has 0 atom stereocenters. The summed E-state index contributed by atoms with van der Waals surface area (Å²) in [5, 5.41) is 33.6. The fourth-order valence-electron chi connectivity index (χ4n) is 3.50. The quantitative estimate of drug-likeness (QED) is 0.124. The smallest absolute Gasteiger partial charge is 0.383 e. The molecule has 2 aromatic carbocycles. The van der Waals surface area contributed by atoms with Crippen LogP contribution in [0.1, 0.15) is 0 Å². The number of hydrogen-bond donors (Lipinski definition) is 4. The second kappa shape index (κ2) is 15.0. The van der Waals surface area contributed by atoms with E-state index in [9.17, 15) is 0 Å². The number of nitrogen functional groups attached to an aromatic ring is 2. The molecule has 0 saturated heterocycles. The first-order valence-corrected chi connectivity index (χ1v) is 11.1. The molecule has 213 valence electrons. The number of rotatable bonds is 2. The molecule has 0 saturated carbocycles. The number of nitrogens with zero attached hydrogens (tertiary/aromatic N) is 6. The second-order valence-electron chi connectivity index (χ2n) is 7.55. The van der Waals surface area contributed by atoms with Crippen LogP contribution in [0.15, 0.2) is 85.5 Å². The number of aromatic amines is 2. The zero-order valence-corrected chi connectivity index (χ0v) is 21.6. The summed E-state index contributed by atoms with van der Waals surface area (Å²) in [6.45, 7) is 0. The number of nitrogens with one attached hydrogen (secondary N) is 2. The molecule has 0 amide bonds. The molecule has 41 heavy (non-hydrogen) atoms. The number of H-pyrrole nitrogens is 2. The summed E-state index contributed by atoms with van der Waals surface area (Å²) in [5.41, 5.74) is 13.4. The van der Waals surface area contributed by atoms with Crippen molar-refractivity contribution in [3.8, 4) is 23.0 Å². The number of fused-ring (bicyclic) bond motifs is 2. The van der Waals surface area contributed by atoms with Crippen LogP contribution in [0.5, 0.6) is 0 Å². The monoisotopic (exact) mass is 607 g/mol. The van der Waals surface area contributed by atoms with Gasteiger partial charge in [-0.15, -0.1) is 0 Å². The maximum absolute atomic E-state index is 8.25. The number of hydrogen-bond acceptors (Lipinski definition) is 12. The van der Waals surface area contributed by atoms with E-state index < -0.39 is 10.2 Å². The van der Waals surface area contributed by atoms with E-state index in [-0.39, 0.29) is 17.1 Å². The fourth-order valence-corrected chi connectivity index (χ4v) is 3.50. The molecule has 0 bridgehead atoms. The van der Waals surface area contributed by atoms with Gasteiger partial charge in [0.1, 0.15) is 23.0 Å². The van der Waals surface area contributed by atoms with Crippen LogP contribution >= 0.6 is 0 Å². The van der Waals surface area contributed by atoms with Crippen molar-refractivity contribution in [2.75, 3.05) is 11.5 Å². The molecule has 0 spiro atoms. The summed E-state index contributed by atoms with van der Waals surface area (Å²) in [6.07, 6.45) is 6.93. The van der Waals surface area contributed by atoms with Gasteiger partial charge in [0.05, 0.1) is 10.2 Å². The van der Waals surface area contributed by atoms with Crippen LogP contribution in [0.3, 0.4) is 0 Å². The Balaban J connectivity index is 0.000000224. The van der Waals surface area contributed by atoms with Crippen molar-refractivity contribution in [3.63, 3.8) is 0 Å². The van der Waals surface area contributed by atoms with Crippen LogP contribution in [-0.2, 0) is 17.1 Å². The van der Waals surface area contributed by atoms with Crippen LogP contribution in [-0.4, -0.2) is 40.1 Å². The van der Waals surface area contributed by atoms with Crippen molar-refractivity contribution < 1.29 is 27.2 Å². The standard InChI is InChI=1S/2C12H10N4.Cu.2NO3/c2*13-11-9-4-2-1-3-8(9)7-10(16-11)12-14-5-6-15-12;;2*2-1(3)4/h2*1-7H,(H2,13,16)(H,14,15);;;/q;;+2;2*-1. The molecule has 4 aromatic heterocycles. The number of benzene rings is 2. The molecule has 0 fully saturated rings. The van der Waals surface area contributed by atoms with E-state index in [1.54, 1.807) is 24.8 Å². The van der Waals surface area contributed by atoms with E-state index in [2.05, 4.69) is 29.9 Å². The summed E-state index contributed by atoms with van der Waals surface area (Å²) in [5.74, 6) is 2.53. The predicted molar refractivity (Wildman–Crippen MR) is 148 cm³/mol. The average molecular weight is 608 g/mol. The van der Waals surface area contributed by atoms with Gasteiger partial charge in [0.2, 0.25) is 0 Å². The van der Waals surface area contributed by atoms with E-state index in [0.29, 0.717) is 11.6 Å². The van der Waals surface area contributed by atoms with E-state index in [4.69, 9.17) is 42.1 Å². The molecular weight excluding hydrogens is 588 g/mol. The third-order valence-corrected chi connectivity index (χ3v) is 5.02. The minimum absolute atomic E-state index is 0. The summed E-state index contributed by atoms with van der Waals surface area (Å²) >= 11 is 0. The summed E-state index contributed by atoms with van der Waals surface area (Å²) in [6, 6.07) is 19.8. The molecule has 6 aromatic rings. The van der Waals surface area contributed by atoms with Gasteiger partial charge in [0.25, 0.3) is 0 Å². The number of nitrogens with two attached hydrogens (primary N) is 2. The molecule has 16 nitrogen and oxygen atoms in total. The van der Waals surface area contributed by atoms with Gasteiger partial charge in [0, 0.05) is 35.6 Å². The molecule has 0 aliphatic heterocycles. The van der Waals surface area contributed by atoms with Crippen molar-refractivity contribution in [1.82, 2.24) is 29.9 Å². The van der Waals surface area contributed by atoms with Crippen molar-refractivity contribution in [2.45, 2.75) is 0 Å². The Morgan fingerprint density at radius 2 is 0.976 bits per heavy atom. The molecular formula is C24H20CuN10O6. The van der Waals surface area contributed by atoms with E-state index in [1.807, 2.05) is 60.7 Å². The molecule has 4 heterocycles. The maximum atomic E-state index is 8.25. The number of aromatic nitrogens is 6. The molecule has 0 aliphatic carbocycles. The van der Waals surface area contributed by atoms with Gasteiger partial charge in [-0.25, -0.2) is 19.9 Å². The zero-order valence-electron chi connectivity index (χ0n) is 20.7. The van der Waals surface area contributed by atoms with Gasteiger partial charge in [-0.05, 0) is 22.9 Å². The number of anilines is 2. The van der Waals surface area contributed by atoms with Crippen LogP contribution in [0.4, 0.5) is 11.6 Å². The van der Waals surface area contributed by atoms with Crippen LogP contribution in [0.25, 0.3) is 44.6 Å². The van der Waals surface area contributed by atoms with Crippen LogP contribution in [0.2, 0.25) is 0 Å².